The van der Waals surface area contributed by atoms with E-state index in [-0.39, 0.29) is 0 Å². The highest BCUT2D eigenvalue weighted by atomic mass is 28.2. The summed E-state index contributed by atoms with van der Waals surface area (Å²) in [7, 11) is -0.715. The van der Waals surface area contributed by atoms with Gasteiger partial charge >= 0.3 is 0 Å². The van der Waals surface area contributed by atoms with Crippen LogP contribution in [0.1, 0.15) is 179 Å². The van der Waals surface area contributed by atoms with Gasteiger partial charge in [0.2, 0.25) is 0 Å². The second-order valence-electron chi connectivity index (χ2n) is 12.2. The molecule has 0 aliphatic carbocycles. The number of benzene rings is 1. The Kier molecular flexibility index (Phi) is 26.6. The predicted molar refractivity (Wildman–Crippen MR) is 182 cm³/mol. The van der Waals surface area contributed by atoms with Crippen molar-refractivity contribution < 1.29 is 9.16 Å². The molecule has 0 heterocycles. The molecule has 0 aromatic heterocycles. The van der Waals surface area contributed by atoms with Crippen LogP contribution in [-0.4, -0.2) is 29.6 Å². The van der Waals surface area contributed by atoms with Crippen molar-refractivity contribution in [3.05, 3.63) is 28.8 Å². The fourth-order valence-corrected chi connectivity index (χ4v) is 7.28. The van der Waals surface area contributed by atoms with E-state index in [1.54, 1.807) is 21.9 Å². The molecule has 0 aliphatic rings. The average molecular weight is 575 g/mol. The first kappa shape index (κ1) is 37.4. The lowest BCUT2D eigenvalue weighted by atomic mass is 9.90. The molecule has 0 unspecified atom stereocenters. The Morgan fingerprint density at radius 3 is 1.43 bits per heavy atom. The third-order valence-electron chi connectivity index (χ3n) is 8.57. The average Bonchev–Trinajstić information content (AvgIpc) is 2.97. The lowest BCUT2D eigenvalue weighted by Gasteiger charge is -2.20. The van der Waals surface area contributed by atoms with Gasteiger partial charge in [0, 0.05) is 6.61 Å². The Balaban J connectivity index is 2.89. The summed E-state index contributed by atoms with van der Waals surface area (Å²) in [5.74, 6) is 0. The first-order chi connectivity index (χ1) is 19.8. The number of unbranched alkanes of at least 4 members (excludes halogenated alkanes) is 18. The first-order valence-electron chi connectivity index (χ1n) is 18.1. The Bertz CT molecular complexity index is 674. The van der Waals surface area contributed by atoms with E-state index >= 15 is 0 Å². The van der Waals surface area contributed by atoms with Gasteiger partial charge in [-0.3, -0.25) is 0 Å². The molecular weight excluding hydrogens is 504 g/mol. The zero-order valence-corrected chi connectivity index (χ0v) is 29.2. The molecule has 0 amide bonds. The van der Waals surface area contributed by atoms with Gasteiger partial charge in [0.05, 0.1) is 13.2 Å². The van der Waals surface area contributed by atoms with E-state index in [4.69, 9.17) is 9.16 Å². The normalized spacial score (nSPS) is 11.8. The Morgan fingerprint density at radius 2 is 0.925 bits per heavy atom. The predicted octanol–water partition coefficient (Wildman–Crippen LogP) is 10.3. The van der Waals surface area contributed by atoms with Gasteiger partial charge < -0.3 is 9.16 Å². The SMILES string of the molecule is CCCCCCCCCc1ccc([SiH2]OCCOCC)c(CCCCCCCCC)c1CCCCCCCCC. The fraction of sp³-hybridized carbons (Fsp3) is 0.838. The molecular formula is C37H70O2Si. The van der Waals surface area contributed by atoms with Crippen LogP contribution in [0, 0.1) is 0 Å². The third-order valence-corrected chi connectivity index (χ3v) is 10.0. The van der Waals surface area contributed by atoms with Crippen LogP contribution in [0.2, 0.25) is 0 Å². The van der Waals surface area contributed by atoms with Crippen molar-refractivity contribution in [2.24, 2.45) is 0 Å². The van der Waals surface area contributed by atoms with Gasteiger partial charge in [-0.05, 0) is 67.3 Å². The number of hydrogen-bond donors (Lipinski definition) is 0. The van der Waals surface area contributed by atoms with Gasteiger partial charge in [-0.15, -0.1) is 0 Å². The second-order valence-corrected chi connectivity index (χ2v) is 13.7. The van der Waals surface area contributed by atoms with Crippen LogP contribution in [0.5, 0.6) is 0 Å². The molecule has 0 atom stereocenters. The van der Waals surface area contributed by atoms with Gasteiger partial charge in [0.15, 0.2) is 9.76 Å². The molecule has 1 aromatic carbocycles. The summed E-state index contributed by atoms with van der Waals surface area (Å²) < 4.78 is 11.8. The van der Waals surface area contributed by atoms with Crippen LogP contribution >= 0.6 is 0 Å². The van der Waals surface area contributed by atoms with E-state index in [0.717, 1.165) is 19.8 Å². The second kappa shape index (κ2) is 28.5. The largest absolute Gasteiger partial charge is 0.416 e. The summed E-state index contributed by atoms with van der Waals surface area (Å²) in [4.78, 5) is 0. The van der Waals surface area contributed by atoms with Crippen molar-refractivity contribution in [3.8, 4) is 0 Å². The van der Waals surface area contributed by atoms with Crippen molar-refractivity contribution in [1.82, 2.24) is 0 Å². The maximum atomic E-state index is 6.27. The monoisotopic (exact) mass is 575 g/mol. The minimum Gasteiger partial charge on any atom is -0.416 e. The minimum absolute atomic E-state index is 0.715. The lowest BCUT2D eigenvalue weighted by Crippen LogP contribution is -2.26. The number of rotatable bonds is 30. The quantitative estimate of drug-likeness (QED) is 0.0672. The highest BCUT2D eigenvalue weighted by Gasteiger charge is 2.14. The van der Waals surface area contributed by atoms with Gasteiger partial charge in [-0.1, -0.05) is 148 Å². The maximum Gasteiger partial charge on any atom is 0.192 e. The molecule has 234 valence electrons. The van der Waals surface area contributed by atoms with Crippen molar-refractivity contribution in [2.45, 2.75) is 182 Å². The fourth-order valence-electron chi connectivity index (χ4n) is 6.02. The molecule has 0 spiro atoms. The van der Waals surface area contributed by atoms with Crippen LogP contribution in [0.4, 0.5) is 0 Å². The van der Waals surface area contributed by atoms with Gasteiger partial charge in [-0.2, -0.15) is 0 Å². The van der Waals surface area contributed by atoms with Crippen LogP contribution in [0.3, 0.4) is 0 Å². The third kappa shape index (κ3) is 19.5. The Labute approximate surface area is 254 Å². The zero-order chi connectivity index (χ0) is 28.9. The molecule has 1 rings (SSSR count). The highest BCUT2D eigenvalue weighted by Crippen LogP contribution is 2.23. The standard InChI is InChI=1S/C37H70O2Si/c1-5-9-12-15-18-21-24-27-34-30-31-37(40-39-33-32-38-8-4)36(29-26-23-20-17-14-11-7-3)35(34)28-25-22-19-16-13-10-6-2/h30-31H,5-29,32-33,40H2,1-4H3. The maximum absolute atomic E-state index is 6.27. The molecule has 1 aromatic rings. The molecule has 0 saturated carbocycles. The molecule has 2 nitrogen and oxygen atoms in total. The molecule has 0 saturated heterocycles. The topological polar surface area (TPSA) is 18.5 Å². The molecule has 40 heavy (non-hydrogen) atoms. The van der Waals surface area contributed by atoms with Crippen LogP contribution in [0.25, 0.3) is 0 Å². The minimum atomic E-state index is -0.715. The zero-order valence-electron chi connectivity index (χ0n) is 27.8. The van der Waals surface area contributed by atoms with Crippen molar-refractivity contribution in [2.75, 3.05) is 19.8 Å². The van der Waals surface area contributed by atoms with Crippen LogP contribution in [-0.2, 0) is 28.4 Å². The van der Waals surface area contributed by atoms with Crippen molar-refractivity contribution >= 4 is 14.9 Å². The highest BCUT2D eigenvalue weighted by molar-refractivity contribution is 6.47. The summed E-state index contributed by atoms with van der Waals surface area (Å²) in [5.41, 5.74) is 5.12. The van der Waals surface area contributed by atoms with Crippen LogP contribution in [0.15, 0.2) is 12.1 Å². The van der Waals surface area contributed by atoms with Gasteiger partial charge in [0.25, 0.3) is 0 Å². The van der Waals surface area contributed by atoms with E-state index in [9.17, 15) is 0 Å². The first-order valence-corrected chi connectivity index (χ1v) is 19.3. The van der Waals surface area contributed by atoms with E-state index < -0.39 is 9.76 Å². The molecule has 0 fully saturated rings. The van der Waals surface area contributed by atoms with Crippen LogP contribution < -0.4 is 5.19 Å². The molecule has 0 N–H and O–H groups in total. The van der Waals surface area contributed by atoms with Gasteiger partial charge in [0.1, 0.15) is 0 Å². The van der Waals surface area contributed by atoms with E-state index in [1.165, 1.54) is 154 Å². The van der Waals surface area contributed by atoms with Crippen molar-refractivity contribution in [1.29, 1.82) is 0 Å². The molecule has 0 radical (unpaired) electrons. The van der Waals surface area contributed by atoms with E-state index in [2.05, 4.69) is 39.8 Å². The summed E-state index contributed by atoms with van der Waals surface area (Å²) in [5, 5.41) is 1.59. The summed E-state index contributed by atoms with van der Waals surface area (Å²) >= 11 is 0. The Hall–Kier alpha value is -0.643. The summed E-state index contributed by atoms with van der Waals surface area (Å²) in [6.07, 6.45) is 33.0. The number of ether oxygens (including phenoxy) is 1. The smallest absolute Gasteiger partial charge is 0.192 e. The lowest BCUT2D eigenvalue weighted by molar-refractivity contribution is 0.112. The number of aryl methyl sites for hydroxylation is 1. The number of hydrogen-bond acceptors (Lipinski definition) is 2. The summed E-state index contributed by atoms with van der Waals surface area (Å²) in [6, 6.07) is 4.99. The van der Waals surface area contributed by atoms with E-state index in [1.807, 2.05) is 0 Å². The molecule has 0 aliphatic heterocycles. The van der Waals surface area contributed by atoms with Gasteiger partial charge in [-0.25, -0.2) is 0 Å². The Morgan fingerprint density at radius 1 is 0.475 bits per heavy atom. The molecule has 0 bridgehead atoms. The van der Waals surface area contributed by atoms with E-state index in [0.29, 0.717) is 0 Å². The summed E-state index contributed by atoms with van der Waals surface area (Å²) in [6.45, 7) is 11.3. The molecule has 3 heteroatoms. The van der Waals surface area contributed by atoms with Crippen molar-refractivity contribution in [3.63, 3.8) is 0 Å².